The fourth-order valence-electron chi connectivity index (χ4n) is 4.53. The van der Waals surface area contributed by atoms with Gasteiger partial charge in [0, 0.05) is 30.6 Å². The van der Waals surface area contributed by atoms with Crippen molar-refractivity contribution in [3.05, 3.63) is 42.0 Å². The molecule has 4 rings (SSSR count). The van der Waals surface area contributed by atoms with Crippen LogP contribution in [0.2, 0.25) is 0 Å². The zero-order valence-electron chi connectivity index (χ0n) is 16.3. The first-order valence-electron chi connectivity index (χ1n) is 9.95. The lowest BCUT2D eigenvalue weighted by Crippen LogP contribution is -2.44. The van der Waals surface area contributed by atoms with Crippen LogP contribution in [-0.2, 0) is 0 Å². The average Bonchev–Trinajstić information content (AvgIpc) is 3.16. The Bertz CT molecular complexity index is 809. The van der Waals surface area contributed by atoms with Gasteiger partial charge in [-0.05, 0) is 56.9 Å². The summed E-state index contributed by atoms with van der Waals surface area (Å²) in [6.07, 6.45) is 3.50. The molecule has 5 heteroatoms. The molecule has 2 aliphatic rings. The number of carbonyl (C=O) groups excluding carboxylic acids is 1. The van der Waals surface area contributed by atoms with Crippen LogP contribution in [-0.4, -0.2) is 68.1 Å². The highest BCUT2D eigenvalue weighted by atomic mass is 16.5. The zero-order chi connectivity index (χ0) is 18.8. The molecule has 2 aliphatic heterocycles. The summed E-state index contributed by atoms with van der Waals surface area (Å²) in [6.45, 7) is 4.39. The maximum atomic E-state index is 13.0. The molecule has 0 saturated carbocycles. The summed E-state index contributed by atoms with van der Waals surface area (Å²) < 4.78 is 5.50. The fourth-order valence-corrected chi connectivity index (χ4v) is 4.53. The molecule has 0 aromatic heterocycles. The molecule has 1 atom stereocenters. The summed E-state index contributed by atoms with van der Waals surface area (Å²) in [5.74, 6) is 0.748. The first kappa shape index (κ1) is 18.3. The van der Waals surface area contributed by atoms with Crippen LogP contribution in [0.4, 0.5) is 0 Å². The third-order valence-electron chi connectivity index (χ3n) is 6.09. The lowest BCUT2D eigenvalue weighted by molar-refractivity contribution is 0.0933. The van der Waals surface area contributed by atoms with E-state index in [0.29, 0.717) is 11.6 Å². The van der Waals surface area contributed by atoms with Crippen LogP contribution in [0.5, 0.6) is 5.75 Å². The number of rotatable bonds is 4. The molecule has 1 unspecified atom stereocenters. The van der Waals surface area contributed by atoms with Crippen LogP contribution in [0.3, 0.4) is 0 Å². The van der Waals surface area contributed by atoms with Gasteiger partial charge in [-0.1, -0.05) is 24.3 Å². The van der Waals surface area contributed by atoms with Crippen LogP contribution in [0.25, 0.3) is 10.8 Å². The molecule has 1 amide bonds. The van der Waals surface area contributed by atoms with E-state index in [0.717, 1.165) is 36.0 Å². The molecular weight excluding hydrogens is 338 g/mol. The number of ether oxygens (including phenoxy) is 1. The number of carbonyl (C=O) groups is 1. The Morgan fingerprint density at radius 1 is 1.07 bits per heavy atom. The predicted octanol–water partition coefficient (Wildman–Crippen LogP) is 2.75. The third-order valence-corrected chi connectivity index (χ3v) is 6.09. The lowest BCUT2D eigenvalue weighted by atomic mass is 10.0. The average molecular weight is 367 g/mol. The minimum absolute atomic E-state index is 0.000303. The van der Waals surface area contributed by atoms with Gasteiger partial charge in [0.25, 0.3) is 5.91 Å². The number of piperidine rings is 1. The number of hydrogen-bond donors (Lipinski definition) is 1. The highest BCUT2D eigenvalue weighted by molar-refractivity contribution is 6.09. The van der Waals surface area contributed by atoms with Crippen LogP contribution in [0, 0.1) is 0 Å². The monoisotopic (exact) mass is 367 g/mol. The number of hydrogen-bond acceptors (Lipinski definition) is 4. The lowest BCUT2D eigenvalue weighted by Gasteiger charge is -2.35. The Morgan fingerprint density at radius 2 is 1.81 bits per heavy atom. The number of methoxy groups -OCH3 is 1. The van der Waals surface area contributed by atoms with Gasteiger partial charge in [0.15, 0.2) is 0 Å². The Morgan fingerprint density at radius 3 is 2.56 bits per heavy atom. The molecule has 2 saturated heterocycles. The van der Waals surface area contributed by atoms with Gasteiger partial charge in [0.05, 0.1) is 12.7 Å². The van der Waals surface area contributed by atoms with Gasteiger partial charge in [-0.2, -0.15) is 0 Å². The van der Waals surface area contributed by atoms with E-state index in [4.69, 9.17) is 4.74 Å². The quantitative estimate of drug-likeness (QED) is 0.903. The van der Waals surface area contributed by atoms with Gasteiger partial charge in [-0.3, -0.25) is 9.69 Å². The predicted molar refractivity (Wildman–Crippen MR) is 108 cm³/mol. The minimum atomic E-state index is 0.000303. The zero-order valence-corrected chi connectivity index (χ0v) is 16.3. The van der Waals surface area contributed by atoms with E-state index in [-0.39, 0.29) is 11.9 Å². The molecule has 144 valence electrons. The summed E-state index contributed by atoms with van der Waals surface area (Å²) in [5.41, 5.74) is 0.697. The van der Waals surface area contributed by atoms with E-state index in [1.807, 2.05) is 36.4 Å². The molecule has 2 fully saturated rings. The Labute approximate surface area is 161 Å². The smallest absolute Gasteiger partial charge is 0.252 e. The number of fused-ring (bicyclic) bond motifs is 1. The number of nitrogens with one attached hydrogen (secondary N) is 1. The van der Waals surface area contributed by atoms with Gasteiger partial charge in [0.2, 0.25) is 0 Å². The molecule has 1 N–H and O–H groups in total. The van der Waals surface area contributed by atoms with Crippen molar-refractivity contribution >= 4 is 16.7 Å². The Kier molecular flexibility index (Phi) is 5.32. The second-order valence-corrected chi connectivity index (χ2v) is 7.85. The number of likely N-dealkylation sites (tertiary alicyclic amines) is 2. The first-order valence-corrected chi connectivity index (χ1v) is 9.95. The van der Waals surface area contributed by atoms with Crippen LogP contribution >= 0.6 is 0 Å². The van der Waals surface area contributed by atoms with Crippen molar-refractivity contribution in [3.8, 4) is 5.75 Å². The standard InChI is InChI=1S/C22H29N3O2/c1-24-12-10-18(11-13-24)25-14-9-17(15-25)23-22(26)19-7-3-5-16-6-4-8-20(27-2)21(16)19/h3-8,17-18H,9-15H2,1-2H3,(H,23,26). The number of nitrogens with zero attached hydrogens (tertiary/aromatic N) is 2. The molecule has 27 heavy (non-hydrogen) atoms. The SMILES string of the molecule is COc1cccc2cccc(C(=O)NC3CCN(C4CCN(C)CC4)C3)c12. The third kappa shape index (κ3) is 3.80. The van der Waals surface area contributed by atoms with E-state index in [2.05, 4.69) is 22.2 Å². The van der Waals surface area contributed by atoms with E-state index < -0.39 is 0 Å². The number of benzene rings is 2. The van der Waals surface area contributed by atoms with Gasteiger partial charge >= 0.3 is 0 Å². The Hall–Kier alpha value is -2.11. The number of amides is 1. The molecule has 2 aromatic rings. The van der Waals surface area contributed by atoms with E-state index in [1.54, 1.807) is 7.11 Å². The second kappa shape index (κ2) is 7.87. The van der Waals surface area contributed by atoms with Crippen molar-refractivity contribution in [2.75, 3.05) is 40.3 Å². The molecule has 0 aliphatic carbocycles. The van der Waals surface area contributed by atoms with Crippen molar-refractivity contribution < 1.29 is 9.53 Å². The van der Waals surface area contributed by atoms with Crippen molar-refractivity contribution in [2.45, 2.75) is 31.3 Å². The molecular formula is C22H29N3O2. The molecule has 0 radical (unpaired) electrons. The van der Waals surface area contributed by atoms with Crippen molar-refractivity contribution in [3.63, 3.8) is 0 Å². The van der Waals surface area contributed by atoms with E-state index in [1.165, 1.54) is 25.9 Å². The van der Waals surface area contributed by atoms with Gasteiger partial charge in [-0.15, -0.1) is 0 Å². The Balaban J connectivity index is 1.45. The van der Waals surface area contributed by atoms with Crippen LogP contribution in [0.15, 0.2) is 36.4 Å². The molecule has 0 spiro atoms. The van der Waals surface area contributed by atoms with Gasteiger partial charge < -0.3 is 15.0 Å². The maximum absolute atomic E-state index is 13.0. The minimum Gasteiger partial charge on any atom is -0.496 e. The van der Waals surface area contributed by atoms with E-state index >= 15 is 0 Å². The van der Waals surface area contributed by atoms with Crippen LogP contribution in [0.1, 0.15) is 29.6 Å². The molecule has 0 bridgehead atoms. The molecule has 2 heterocycles. The van der Waals surface area contributed by atoms with Gasteiger partial charge in [0.1, 0.15) is 5.75 Å². The topological polar surface area (TPSA) is 44.8 Å². The van der Waals surface area contributed by atoms with Crippen molar-refractivity contribution in [1.29, 1.82) is 0 Å². The first-order chi connectivity index (χ1) is 13.2. The van der Waals surface area contributed by atoms with Gasteiger partial charge in [-0.25, -0.2) is 0 Å². The summed E-state index contributed by atoms with van der Waals surface area (Å²) in [4.78, 5) is 18.0. The highest BCUT2D eigenvalue weighted by Gasteiger charge is 2.31. The largest absolute Gasteiger partial charge is 0.496 e. The fraction of sp³-hybridized carbons (Fsp3) is 0.500. The second-order valence-electron chi connectivity index (χ2n) is 7.85. The van der Waals surface area contributed by atoms with Crippen molar-refractivity contribution in [1.82, 2.24) is 15.1 Å². The van der Waals surface area contributed by atoms with Crippen LogP contribution < -0.4 is 10.1 Å². The summed E-state index contributed by atoms with van der Waals surface area (Å²) in [6, 6.07) is 12.6. The summed E-state index contributed by atoms with van der Waals surface area (Å²) in [7, 11) is 3.85. The summed E-state index contributed by atoms with van der Waals surface area (Å²) >= 11 is 0. The maximum Gasteiger partial charge on any atom is 0.252 e. The summed E-state index contributed by atoms with van der Waals surface area (Å²) in [5, 5.41) is 5.19. The molecule has 2 aromatic carbocycles. The highest BCUT2D eigenvalue weighted by Crippen LogP contribution is 2.29. The van der Waals surface area contributed by atoms with Crippen molar-refractivity contribution in [2.24, 2.45) is 0 Å². The molecule has 5 nitrogen and oxygen atoms in total. The normalized spacial score (nSPS) is 22.2. The van der Waals surface area contributed by atoms with E-state index in [9.17, 15) is 4.79 Å².